The Hall–Kier alpha value is -11.8. The summed E-state index contributed by atoms with van der Waals surface area (Å²) >= 11 is 34.2. The second-order valence-electron chi connectivity index (χ2n) is 37.6. The number of aryl methyl sites for hydroxylation is 5. The molecule has 10 rings (SSSR count). The van der Waals surface area contributed by atoms with Crippen molar-refractivity contribution in [1.82, 2.24) is 49.8 Å². The van der Waals surface area contributed by atoms with Crippen molar-refractivity contribution in [3.05, 3.63) is 204 Å². The molecule has 0 saturated carbocycles. The first-order chi connectivity index (χ1) is 65.1. The highest BCUT2D eigenvalue weighted by molar-refractivity contribution is 7.98. The number of aromatic carboxylic acids is 1. The van der Waals surface area contributed by atoms with E-state index in [1.807, 2.05) is 63.4 Å². The number of thioether (sulfide) groups is 2. The Kier molecular flexibility index (Phi) is 43.3. The van der Waals surface area contributed by atoms with E-state index in [4.69, 9.17) is 96.3 Å². The van der Waals surface area contributed by atoms with E-state index < -0.39 is 108 Å². The molecule has 0 radical (unpaired) electrons. The van der Waals surface area contributed by atoms with Crippen molar-refractivity contribution >= 4 is 220 Å². The Morgan fingerprint density at radius 3 is 0.944 bits per heavy atom. The number of esters is 4. The number of carbonyl (C=O) groups is 8. The van der Waals surface area contributed by atoms with Crippen LogP contribution in [0.4, 0.5) is 82.9 Å². The third-order valence-corrected chi connectivity index (χ3v) is 21.1. The van der Waals surface area contributed by atoms with Crippen LogP contribution in [0.1, 0.15) is 241 Å². The summed E-state index contributed by atoms with van der Waals surface area (Å²) in [6.07, 6.45) is 2.42. The van der Waals surface area contributed by atoms with Crippen molar-refractivity contribution < 1.29 is 85.0 Å². The monoisotopic (exact) mass is 2130 g/mol. The molecule has 0 saturated heterocycles. The highest BCUT2D eigenvalue weighted by Crippen LogP contribution is 2.44. The lowest BCUT2D eigenvalue weighted by Crippen LogP contribution is -2.36. The van der Waals surface area contributed by atoms with E-state index in [1.165, 1.54) is 46.3 Å². The van der Waals surface area contributed by atoms with Gasteiger partial charge in [-0.1, -0.05) is 119 Å². The van der Waals surface area contributed by atoms with E-state index in [0.29, 0.717) is 106 Å². The second kappa shape index (κ2) is 51.0. The van der Waals surface area contributed by atoms with Crippen LogP contribution in [0.25, 0.3) is 0 Å². The zero-order valence-corrected chi connectivity index (χ0v) is 92.2. The molecule has 0 aliphatic rings. The number of sulfone groups is 1. The number of hydrogen-bond acceptors (Lipinski definition) is 33. The van der Waals surface area contributed by atoms with Gasteiger partial charge in [0.25, 0.3) is 0 Å². The number of carboxylic acid groups (broad SMARTS) is 1. The molecule has 5 aromatic carbocycles. The van der Waals surface area contributed by atoms with E-state index in [0.717, 1.165) is 22.5 Å². The van der Waals surface area contributed by atoms with Gasteiger partial charge in [0.1, 0.15) is 72.0 Å². The van der Waals surface area contributed by atoms with Crippen molar-refractivity contribution in [2.24, 2.45) is 0 Å². The Morgan fingerprint density at radius 1 is 0.345 bits per heavy atom. The Labute approximate surface area is 869 Å². The number of nitrogens with zero attached hydrogens (tertiary/aromatic N) is 13. The van der Waals surface area contributed by atoms with E-state index in [-0.39, 0.29) is 63.6 Å². The quantitative estimate of drug-likeness (QED) is 0.0182. The van der Waals surface area contributed by atoms with Crippen molar-refractivity contribution in [2.75, 3.05) is 67.8 Å². The molecule has 5 N–H and O–H groups in total. The summed E-state index contributed by atoms with van der Waals surface area (Å²) in [5, 5.41) is 24.1. The van der Waals surface area contributed by atoms with Crippen LogP contribution in [0.2, 0.25) is 25.1 Å². The van der Waals surface area contributed by atoms with Gasteiger partial charge in [0.15, 0.2) is 26.5 Å². The van der Waals surface area contributed by atoms with Crippen molar-refractivity contribution in [1.29, 1.82) is 0 Å². The summed E-state index contributed by atoms with van der Waals surface area (Å²) in [6.45, 7) is 49.9. The Balaban J connectivity index is 0.000000315. The fourth-order valence-electron chi connectivity index (χ4n) is 11.9. The normalized spacial score (nSPS) is 11.5. The number of aromatic nitrogens is 10. The topological polar surface area (TPSA) is 442 Å². The summed E-state index contributed by atoms with van der Waals surface area (Å²) in [7, 11) is -4.05. The molecule has 5 heterocycles. The fourth-order valence-corrected chi connectivity index (χ4v) is 14.9. The van der Waals surface area contributed by atoms with Crippen LogP contribution < -0.4 is 36.0 Å². The maximum atomic E-state index is 13.3. The molecule has 0 atom stereocenters. The number of anilines is 12. The van der Waals surface area contributed by atoms with Crippen molar-refractivity contribution in [2.45, 2.75) is 248 Å². The molecule has 35 nitrogen and oxygen atoms in total. The third-order valence-electron chi connectivity index (χ3n) is 17.1. The minimum Gasteiger partial charge on any atom is -0.475 e. The molecule has 3 amide bonds. The van der Waals surface area contributed by atoms with Crippen molar-refractivity contribution in [3.8, 4) is 0 Å². The molecule has 0 bridgehead atoms. The highest BCUT2D eigenvalue weighted by Gasteiger charge is 2.39. The number of rotatable bonds is 22. The summed E-state index contributed by atoms with van der Waals surface area (Å²) in [5.41, 5.74) is 1.11. The SMILES string of the molecule is CCNc1nc(C(=O)O)nc(C)c1Nc1ccccc1Cl.CCNc1nc(C(=O)OC(C)(C)C)nc(C)c1N(C(=O)OC(C)(C)C)c1ccccc1Cl.CSc1nc(C(=O)OC(C)(C)C)nc(C)c1N(C(=O)OC(C)(C)C)c1ccccc1Cl.CSc1nc(C(=O)OC(C)(C)C)nc(C)c1Nc1ccccc1Cl.Cc1nc(C(=O)OC(C)(C)C)nc(S(C)(=O)=O)c1N(C(=O)OC(C)(C)C)c1ccccc1Cl.Cl. The van der Waals surface area contributed by atoms with Crippen molar-refractivity contribution in [3.63, 3.8) is 0 Å². The van der Waals surface area contributed by atoms with Gasteiger partial charge in [0.05, 0.1) is 87.7 Å². The number of benzene rings is 5. The van der Waals surface area contributed by atoms with Gasteiger partial charge in [-0.2, -0.15) is 0 Å². The average Bonchev–Trinajstić information content (AvgIpc) is 0.851. The molecule has 768 valence electrons. The number of carboxylic acids is 1. The Bertz CT molecular complexity index is 6340. The number of carbonyl (C=O) groups excluding carboxylic acids is 7. The maximum Gasteiger partial charge on any atom is 0.419 e. The van der Waals surface area contributed by atoms with Crippen LogP contribution in [-0.4, -0.2) is 183 Å². The molecule has 5 aromatic heterocycles. The van der Waals surface area contributed by atoms with Crippen LogP contribution >= 0.6 is 93.9 Å². The van der Waals surface area contributed by atoms with E-state index >= 15 is 0 Å². The van der Waals surface area contributed by atoms with Gasteiger partial charge in [0, 0.05) is 19.3 Å². The van der Waals surface area contributed by atoms with Gasteiger partial charge in [-0.25, -0.2) is 111 Å². The molecule has 0 aliphatic heterocycles. The largest absolute Gasteiger partial charge is 0.475 e. The standard InChI is InChI=1S/C23H31ClN4O4.C22H28ClN3O6S.C22H28ClN3O4S.C17H20ClN3O2S.C14H15ClN4O2.ClH/c1-9-25-18-17(14(2)26-19(27-18)20(29)31-22(3,4)5)28(21(30)32-23(6,7)8)16-13-11-10-12-15(16)24;1-13-16(18(33(8,29)30)25-17(24-13)19(27)31-21(2,3)4)26(20(28)32-22(5,6)7)15-12-10-9-11-14(15)23;1-13-16(18(31-8)25-17(24-13)19(27)29-21(2,3)4)26(20(28)30-22(5,6)7)15-12-10-9-11-14(15)23;1-10-13(20-12-9-7-6-8-11(12)18)15(24-5)21-14(19-10)16(22)23-17(2,3)4;1-3-16-12-11(8(2)17-13(19-12)14(20)21)18-10-7-5-4-6-9(10)15;/h10-13H,9H2,1-8H3,(H,25,26,27);9-12H,1-8H3;9-12H,1-8H3;6-9,20H,1-5H3;4-7,18H,3H2,1-2H3,(H,20,21)(H,16,17,19);1H. The zero-order valence-electron chi connectivity index (χ0n) is 85.2. The first-order valence-corrected chi connectivity index (χ1v) is 50.1. The lowest BCUT2D eigenvalue weighted by atomic mass is 10.2. The molecule has 44 heteroatoms. The van der Waals surface area contributed by atoms with E-state index in [9.17, 15) is 46.8 Å². The summed E-state index contributed by atoms with van der Waals surface area (Å²) < 4.78 is 63.7. The van der Waals surface area contributed by atoms with Crippen LogP contribution in [-0.2, 0) is 43.0 Å². The van der Waals surface area contributed by atoms with Gasteiger partial charge in [-0.15, -0.1) is 35.9 Å². The molecule has 0 aliphatic carbocycles. The molecule has 0 fully saturated rings. The summed E-state index contributed by atoms with van der Waals surface area (Å²) in [4.78, 5) is 147. The highest BCUT2D eigenvalue weighted by atomic mass is 35.5. The van der Waals surface area contributed by atoms with E-state index in [2.05, 4.69) is 71.1 Å². The first kappa shape index (κ1) is 121. The lowest BCUT2D eigenvalue weighted by molar-refractivity contribution is 0.00422. The van der Waals surface area contributed by atoms with Crippen LogP contribution in [0.5, 0.6) is 0 Å². The van der Waals surface area contributed by atoms with Gasteiger partial charge < -0.3 is 59.5 Å². The maximum absolute atomic E-state index is 13.3. The fraction of sp³-hybridized carbons (Fsp3) is 0.408. The molecular formula is C98H123Cl6N17O18S3. The number of halogens is 6. The second-order valence-corrected chi connectivity index (χ2v) is 43.2. The number of ether oxygens (including phenoxy) is 7. The van der Waals surface area contributed by atoms with Crippen LogP contribution in [0.15, 0.2) is 136 Å². The smallest absolute Gasteiger partial charge is 0.419 e. The van der Waals surface area contributed by atoms with Gasteiger partial charge >= 0.3 is 48.1 Å². The predicted molar refractivity (Wildman–Crippen MR) is 563 cm³/mol. The molecule has 142 heavy (non-hydrogen) atoms. The first-order valence-electron chi connectivity index (χ1n) is 43.8. The summed E-state index contributed by atoms with van der Waals surface area (Å²) in [5.74, 6) is -4.01. The van der Waals surface area contributed by atoms with Crippen LogP contribution in [0, 0.1) is 34.6 Å². The van der Waals surface area contributed by atoms with Gasteiger partial charge in [-0.05, 0) is 267 Å². The molecule has 10 aromatic rings. The van der Waals surface area contributed by atoms with Crippen LogP contribution in [0.3, 0.4) is 0 Å². The molecule has 0 unspecified atom stereocenters. The number of hydrogen-bond donors (Lipinski definition) is 5. The molecular weight excluding hydrogens is 2010 g/mol. The number of nitrogens with one attached hydrogen (secondary N) is 4. The minimum atomic E-state index is -4.05. The predicted octanol–water partition coefficient (Wildman–Crippen LogP) is 25.6. The zero-order chi connectivity index (χ0) is 106. The Morgan fingerprint density at radius 2 is 0.613 bits per heavy atom. The average molecular weight is 2140 g/mol. The van der Waals surface area contributed by atoms with Gasteiger partial charge in [-0.3, -0.25) is 0 Å². The lowest BCUT2D eigenvalue weighted by Gasteiger charge is -2.30. The van der Waals surface area contributed by atoms with E-state index in [1.54, 1.807) is 251 Å². The van der Waals surface area contributed by atoms with Gasteiger partial charge in [0.2, 0.25) is 29.1 Å². The number of amides is 3. The third kappa shape index (κ3) is 36.6. The number of para-hydroxylation sites is 5. The minimum absolute atomic E-state index is 0. The summed E-state index contributed by atoms with van der Waals surface area (Å²) in [6, 6.07) is 34.8. The molecule has 0 spiro atoms.